The molecule has 3 aromatic rings. The van der Waals surface area contributed by atoms with E-state index in [1.165, 1.54) is 18.2 Å². The molecule has 2 heterocycles. The van der Waals surface area contributed by atoms with Crippen LogP contribution in [-0.4, -0.2) is 43.9 Å². The first-order valence-electron chi connectivity index (χ1n) is 7.86. The summed E-state index contributed by atoms with van der Waals surface area (Å²) in [4.78, 5) is 8.20. The van der Waals surface area contributed by atoms with Crippen molar-refractivity contribution in [3.8, 4) is 5.82 Å². The van der Waals surface area contributed by atoms with Gasteiger partial charge in [0.25, 0.3) is 0 Å². The maximum Gasteiger partial charge on any atom is 0.177 e. The van der Waals surface area contributed by atoms with Crippen LogP contribution in [0.1, 0.15) is 5.56 Å². The SMILES string of the molecule is CS(=O)(=O)c1ccc(NCc2ccc(-n3ccnc3)nc2)c(S(C)(=O)=O)c1. The molecule has 0 spiro atoms. The highest BCUT2D eigenvalue weighted by molar-refractivity contribution is 7.91. The molecule has 0 radical (unpaired) electrons. The van der Waals surface area contributed by atoms with Crippen molar-refractivity contribution >= 4 is 25.4 Å². The largest absolute Gasteiger partial charge is 0.380 e. The van der Waals surface area contributed by atoms with E-state index in [0.29, 0.717) is 18.1 Å². The number of pyridine rings is 1. The van der Waals surface area contributed by atoms with Crippen LogP contribution < -0.4 is 5.32 Å². The third-order valence-electron chi connectivity index (χ3n) is 3.84. The Bertz CT molecular complexity index is 1150. The zero-order valence-corrected chi connectivity index (χ0v) is 16.3. The van der Waals surface area contributed by atoms with Crippen LogP contribution in [0.15, 0.2) is 65.0 Å². The number of hydrogen-bond acceptors (Lipinski definition) is 7. The molecule has 0 bridgehead atoms. The number of sulfone groups is 2. The number of rotatable bonds is 6. The first-order chi connectivity index (χ1) is 12.6. The lowest BCUT2D eigenvalue weighted by molar-refractivity contribution is 0.600. The van der Waals surface area contributed by atoms with E-state index in [1.54, 1.807) is 29.5 Å². The molecule has 1 aromatic carbocycles. The standard InChI is InChI=1S/C17H18N4O4S2/c1-26(22,23)14-4-5-15(16(9-14)27(2,24)25)19-10-13-3-6-17(20-11-13)21-8-7-18-12-21/h3-9,11-12,19H,10H2,1-2H3. The minimum atomic E-state index is -3.61. The summed E-state index contributed by atoms with van der Waals surface area (Å²) in [5, 5.41) is 3.04. The minimum absolute atomic E-state index is 0.0418. The summed E-state index contributed by atoms with van der Waals surface area (Å²) in [6, 6.07) is 7.70. The fraction of sp³-hybridized carbons (Fsp3) is 0.176. The zero-order valence-electron chi connectivity index (χ0n) is 14.7. The van der Waals surface area contributed by atoms with Gasteiger partial charge in [0, 0.05) is 37.6 Å². The Balaban J connectivity index is 1.83. The maximum atomic E-state index is 12.1. The van der Waals surface area contributed by atoms with Crippen LogP contribution in [0.25, 0.3) is 5.82 Å². The first-order valence-corrected chi connectivity index (χ1v) is 11.6. The zero-order chi connectivity index (χ0) is 19.7. The van der Waals surface area contributed by atoms with Gasteiger partial charge in [0.2, 0.25) is 0 Å². The van der Waals surface area contributed by atoms with E-state index in [-0.39, 0.29) is 9.79 Å². The summed E-state index contributed by atoms with van der Waals surface area (Å²) in [5.74, 6) is 0.714. The van der Waals surface area contributed by atoms with Gasteiger partial charge in [0.1, 0.15) is 12.1 Å². The Morgan fingerprint density at radius 1 is 1.04 bits per heavy atom. The quantitative estimate of drug-likeness (QED) is 0.663. The summed E-state index contributed by atoms with van der Waals surface area (Å²) >= 11 is 0. The molecule has 0 saturated heterocycles. The van der Waals surface area contributed by atoms with Crippen LogP contribution in [0, 0.1) is 0 Å². The van der Waals surface area contributed by atoms with Crippen molar-refractivity contribution in [3.63, 3.8) is 0 Å². The number of anilines is 1. The van der Waals surface area contributed by atoms with Crippen molar-refractivity contribution < 1.29 is 16.8 Å². The molecule has 2 aromatic heterocycles. The van der Waals surface area contributed by atoms with Crippen molar-refractivity contribution in [2.24, 2.45) is 0 Å². The van der Waals surface area contributed by atoms with Crippen LogP contribution in [0.2, 0.25) is 0 Å². The molecule has 8 nitrogen and oxygen atoms in total. The Labute approximate surface area is 157 Å². The second kappa shape index (κ2) is 7.12. The van der Waals surface area contributed by atoms with Gasteiger partial charge in [-0.2, -0.15) is 0 Å². The Morgan fingerprint density at radius 2 is 1.81 bits per heavy atom. The number of aromatic nitrogens is 3. The molecule has 0 aliphatic heterocycles. The summed E-state index contributed by atoms with van der Waals surface area (Å²) < 4.78 is 49.3. The van der Waals surface area contributed by atoms with Gasteiger partial charge in [-0.05, 0) is 29.8 Å². The first kappa shape index (κ1) is 19.1. The second-order valence-electron chi connectivity index (χ2n) is 6.05. The van der Waals surface area contributed by atoms with Gasteiger partial charge >= 0.3 is 0 Å². The Hall–Kier alpha value is -2.72. The van der Waals surface area contributed by atoms with Crippen molar-refractivity contribution in [1.82, 2.24) is 14.5 Å². The number of hydrogen-bond donors (Lipinski definition) is 1. The van der Waals surface area contributed by atoms with Gasteiger partial charge in [0.05, 0.1) is 15.5 Å². The predicted molar refractivity (Wildman–Crippen MR) is 101 cm³/mol. The number of nitrogens with zero attached hydrogens (tertiary/aromatic N) is 3. The predicted octanol–water partition coefficient (Wildman–Crippen LogP) is 1.69. The van der Waals surface area contributed by atoms with Crippen LogP contribution in [0.4, 0.5) is 5.69 Å². The molecule has 142 valence electrons. The van der Waals surface area contributed by atoms with E-state index in [4.69, 9.17) is 0 Å². The van der Waals surface area contributed by atoms with E-state index >= 15 is 0 Å². The molecule has 0 unspecified atom stereocenters. The topological polar surface area (TPSA) is 111 Å². The molecule has 27 heavy (non-hydrogen) atoms. The maximum absolute atomic E-state index is 12.1. The Kier molecular flexibility index (Phi) is 5.03. The average molecular weight is 406 g/mol. The molecular formula is C17H18N4O4S2. The Morgan fingerprint density at radius 3 is 2.37 bits per heavy atom. The van der Waals surface area contributed by atoms with Crippen LogP contribution >= 0.6 is 0 Å². The highest BCUT2D eigenvalue weighted by Crippen LogP contribution is 2.25. The van der Waals surface area contributed by atoms with E-state index in [0.717, 1.165) is 18.1 Å². The molecule has 0 saturated carbocycles. The molecule has 0 fully saturated rings. The summed E-state index contributed by atoms with van der Waals surface area (Å²) in [7, 11) is -7.12. The normalized spacial score (nSPS) is 12.1. The van der Waals surface area contributed by atoms with Gasteiger partial charge in [-0.3, -0.25) is 4.57 Å². The fourth-order valence-corrected chi connectivity index (χ4v) is 4.05. The van der Waals surface area contributed by atoms with Gasteiger partial charge in [-0.1, -0.05) is 6.07 Å². The van der Waals surface area contributed by atoms with Gasteiger partial charge < -0.3 is 5.32 Å². The van der Waals surface area contributed by atoms with E-state index in [2.05, 4.69) is 15.3 Å². The highest BCUT2D eigenvalue weighted by Gasteiger charge is 2.17. The lowest BCUT2D eigenvalue weighted by atomic mass is 10.2. The molecule has 0 atom stereocenters. The minimum Gasteiger partial charge on any atom is -0.380 e. The van der Waals surface area contributed by atoms with Crippen molar-refractivity contribution in [3.05, 3.63) is 60.8 Å². The molecule has 0 amide bonds. The fourth-order valence-electron chi connectivity index (χ4n) is 2.45. The van der Waals surface area contributed by atoms with E-state index in [9.17, 15) is 16.8 Å². The molecular weight excluding hydrogens is 388 g/mol. The second-order valence-corrected chi connectivity index (χ2v) is 10.1. The van der Waals surface area contributed by atoms with Crippen molar-refractivity contribution in [2.45, 2.75) is 16.3 Å². The van der Waals surface area contributed by atoms with Crippen LogP contribution in [0.3, 0.4) is 0 Å². The van der Waals surface area contributed by atoms with E-state index < -0.39 is 19.7 Å². The monoisotopic (exact) mass is 406 g/mol. The number of imidazole rings is 1. The molecule has 0 aliphatic carbocycles. The average Bonchev–Trinajstić information content (AvgIpc) is 3.13. The van der Waals surface area contributed by atoms with Crippen molar-refractivity contribution in [2.75, 3.05) is 17.8 Å². The highest BCUT2D eigenvalue weighted by atomic mass is 32.2. The van der Waals surface area contributed by atoms with Crippen LogP contribution in [-0.2, 0) is 26.2 Å². The third kappa shape index (κ3) is 4.52. The number of benzene rings is 1. The van der Waals surface area contributed by atoms with Gasteiger partial charge in [-0.25, -0.2) is 26.8 Å². The molecule has 10 heteroatoms. The van der Waals surface area contributed by atoms with E-state index in [1.807, 2.05) is 12.1 Å². The molecule has 0 aliphatic rings. The van der Waals surface area contributed by atoms with Gasteiger partial charge in [-0.15, -0.1) is 0 Å². The van der Waals surface area contributed by atoms with Gasteiger partial charge in [0.15, 0.2) is 19.7 Å². The summed E-state index contributed by atoms with van der Waals surface area (Å²) in [6.45, 7) is 0.331. The summed E-state index contributed by atoms with van der Waals surface area (Å²) in [5.41, 5.74) is 1.18. The van der Waals surface area contributed by atoms with Crippen LogP contribution in [0.5, 0.6) is 0 Å². The number of nitrogens with one attached hydrogen (secondary N) is 1. The molecule has 3 rings (SSSR count). The smallest absolute Gasteiger partial charge is 0.177 e. The lowest BCUT2D eigenvalue weighted by Crippen LogP contribution is -2.08. The van der Waals surface area contributed by atoms with Crippen molar-refractivity contribution in [1.29, 1.82) is 0 Å². The lowest BCUT2D eigenvalue weighted by Gasteiger charge is -2.12. The molecule has 1 N–H and O–H groups in total. The summed E-state index contributed by atoms with van der Waals surface area (Å²) in [6.07, 6.45) is 8.83. The third-order valence-corrected chi connectivity index (χ3v) is 6.09.